The Morgan fingerprint density at radius 3 is 2.47 bits per heavy atom. The Kier molecular flexibility index (Phi) is 9.67. The lowest BCUT2D eigenvalue weighted by molar-refractivity contribution is 0.0827. The molecule has 9 heteroatoms. The molecule has 0 unspecified atom stereocenters. The number of rotatable bonds is 5. The van der Waals surface area contributed by atoms with Crippen LogP contribution in [-0.4, -0.2) is 75.5 Å². The minimum Gasteiger partial charge on any atom is -0.366 e. The van der Waals surface area contributed by atoms with Crippen molar-refractivity contribution in [3.8, 4) is 0 Å². The maximum Gasteiger partial charge on any atom is 0.253 e. The number of benzene rings is 2. The molecule has 0 spiro atoms. The van der Waals surface area contributed by atoms with Crippen molar-refractivity contribution in [3.05, 3.63) is 65.2 Å². The fourth-order valence-electron chi connectivity index (χ4n) is 3.66. The largest absolute Gasteiger partial charge is 0.366 e. The first-order valence-electron chi connectivity index (χ1n) is 10.3. The van der Waals surface area contributed by atoms with E-state index in [0.29, 0.717) is 44.0 Å². The van der Waals surface area contributed by atoms with Crippen LogP contribution in [0.2, 0.25) is 0 Å². The molecule has 1 aliphatic heterocycles. The fraction of sp³-hybridized carbons (Fsp3) is 0.391. The maximum atomic E-state index is 14.0. The van der Waals surface area contributed by atoms with Crippen molar-refractivity contribution in [3.63, 3.8) is 0 Å². The van der Waals surface area contributed by atoms with Crippen LogP contribution in [0.3, 0.4) is 0 Å². The van der Waals surface area contributed by atoms with E-state index in [4.69, 9.17) is 0 Å². The quantitative estimate of drug-likeness (QED) is 0.349. The van der Waals surface area contributed by atoms with E-state index in [0.717, 1.165) is 24.0 Å². The van der Waals surface area contributed by atoms with Crippen LogP contribution in [0.4, 0.5) is 14.5 Å². The summed E-state index contributed by atoms with van der Waals surface area (Å²) in [5, 5.41) is 3.36. The second-order valence-electron chi connectivity index (χ2n) is 7.69. The summed E-state index contributed by atoms with van der Waals surface area (Å²) in [6, 6.07) is 11.2. The fourth-order valence-corrected chi connectivity index (χ4v) is 3.66. The summed E-state index contributed by atoms with van der Waals surface area (Å²) in [4.78, 5) is 22.0. The van der Waals surface area contributed by atoms with Gasteiger partial charge in [0.25, 0.3) is 5.91 Å². The van der Waals surface area contributed by atoms with Crippen LogP contribution in [-0.2, 0) is 6.42 Å². The van der Waals surface area contributed by atoms with Gasteiger partial charge in [0.1, 0.15) is 11.6 Å². The van der Waals surface area contributed by atoms with Crippen LogP contribution in [0.1, 0.15) is 15.9 Å². The van der Waals surface area contributed by atoms with Crippen LogP contribution in [0.5, 0.6) is 0 Å². The highest BCUT2D eigenvalue weighted by Gasteiger charge is 2.22. The predicted octanol–water partition coefficient (Wildman–Crippen LogP) is 3.22. The number of carbonyl (C=O) groups excluding carboxylic acids is 1. The van der Waals surface area contributed by atoms with Gasteiger partial charge >= 0.3 is 0 Å². The first-order valence-corrected chi connectivity index (χ1v) is 10.3. The molecule has 2 aromatic rings. The highest BCUT2D eigenvalue weighted by molar-refractivity contribution is 14.0. The highest BCUT2D eigenvalue weighted by atomic mass is 127. The van der Waals surface area contributed by atoms with Crippen molar-refractivity contribution in [2.24, 2.45) is 4.99 Å². The smallest absolute Gasteiger partial charge is 0.253 e. The number of halogens is 3. The average molecular weight is 557 g/mol. The van der Waals surface area contributed by atoms with Crippen LogP contribution < -0.4 is 10.2 Å². The third-order valence-corrected chi connectivity index (χ3v) is 5.32. The number of nitrogens with zero attached hydrogens (tertiary/aromatic N) is 4. The molecule has 0 bridgehead atoms. The predicted molar refractivity (Wildman–Crippen MR) is 135 cm³/mol. The summed E-state index contributed by atoms with van der Waals surface area (Å²) >= 11 is 0. The normalized spacial score (nSPS) is 14.1. The summed E-state index contributed by atoms with van der Waals surface area (Å²) in [6.45, 7) is 3.14. The van der Waals surface area contributed by atoms with Crippen LogP contribution >= 0.6 is 24.0 Å². The molecule has 1 amide bonds. The van der Waals surface area contributed by atoms with Gasteiger partial charge in [-0.3, -0.25) is 9.79 Å². The standard InChI is InChI=1S/C23H29F2N5O.HI/c1-26-23(27-10-9-17-5-4-6-18(15-17)22(31)28(2)3)30-13-11-29(12-14-30)21-16-19(24)7-8-20(21)25;/h4-8,15-16H,9-14H2,1-3H3,(H,26,27);1H. The third-order valence-electron chi connectivity index (χ3n) is 5.32. The van der Waals surface area contributed by atoms with E-state index in [1.807, 2.05) is 29.2 Å². The molecule has 6 nitrogen and oxygen atoms in total. The molecule has 0 radical (unpaired) electrons. The van der Waals surface area contributed by atoms with Crippen molar-refractivity contribution in [1.29, 1.82) is 0 Å². The van der Waals surface area contributed by atoms with E-state index < -0.39 is 11.6 Å². The molecule has 3 rings (SSSR count). The SMILES string of the molecule is CN=C(NCCc1cccc(C(=O)N(C)C)c1)N1CCN(c2cc(F)ccc2F)CC1.I. The lowest BCUT2D eigenvalue weighted by Gasteiger charge is -2.37. The van der Waals surface area contributed by atoms with Gasteiger partial charge in [0.2, 0.25) is 0 Å². The lowest BCUT2D eigenvalue weighted by atomic mass is 10.1. The molecule has 32 heavy (non-hydrogen) atoms. The summed E-state index contributed by atoms with van der Waals surface area (Å²) in [7, 11) is 5.21. The molecular weight excluding hydrogens is 527 g/mol. The molecule has 1 fully saturated rings. The Hall–Kier alpha value is -2.43. The monoisotopic (exact) mass is 557 g/mol. The lowest BCUT2D eigenvalue weighted by Crippen LogP contribution is -2.53. The zero-order chi connectivity index (χ0) is 22.4. The molecule has 2 aromatic carbocycles. The number of hydrogen-bond donors (Lipinski definition) is 1. The van der Waals surface area contributed by atoms with E-state index >= 15 is 0 Å². The topological polar surface area (TPSA) is 51.2 Å². The van der Waals surface area contributed by atoms with Crippen molar-refractivity contribution in [2.45, 2.75) is 6.42 Å². The molecule has 1 saturated heterocycles. The number of hydrogen-bond acceptors (Lipinski definition) is 3. The third kappa shape index (κ3) is 6.54. The first-order chi connectivity index (χ1) is 14.9. The number of carbonyl (C=O) groups is 1. The van der Waals surface area contributed by atoms with Gasteiger partial charge in [-0.15, -0.1) is 24.0 Å². The minimum atomic E-state index is -0.437. The zero-order valence-corrected chi connectivity index (χ0v) is 21.0. The minimum absolute atomic E-state index is 0. The van der Waals surface area contributed by atoms with Gasteiger partial charge in [-0.05, 0) is 36.2 Å². The molecular formula is C23H30F2IN5O. The van der Waals surface area contributed by atoms with Gasteiger partial charge in [-0.1, -0.05) is 12.1 Å². The number of nitrogens with one attached hydrogen (secondary N) is 1. The molecule has 0 saturated carbocycles. The Bertz CT molecular complexity index is 946. The highest BCUT2D eigenvalue weighted by Crippen LogP contribution is 2.22. The average Bonchev–Trinajstić information content (AvgIpc) is 2.78. The second kappa shape index (κ2) is 12.0. The van der Waals surface area contributed by atoms with Gasteiger partial charge in [0, 0.05) is 65.5 Å². The number of amides is 1. The van der Waals surface area contributed by atoms with Crippen molar-refractivity contribution in [1.82, 2.24) is 15.1 Å². The van der Waals surface area contributed by atoms with E-state index in [1.165, 1.54) is 12.1 Å². The van der Waals surface area contributed by atoms with Gasteiger partial charge in [0.15, 0.2) is 5.96 Å². The Morgan fingerprint density at radius 1 is 1.09 bits per heavy atom. The molecule has 1 aliphatic rings. The molecule has 0 atom stereocenters. The van der Waals surface area contributed by atoms with Crippen LogP contribution in [0, 0.1) is 11.6 Å². The van der Waals surface area contributed by atoms with E-state index in [1.54, 1.807) is 26.0 Å². The van der Waals surface area contributed by atoms with Crippen molar-refractivity contribution >= 4 is 41.5 Å². The zero-order valence-electron chi connectivity index (χ0n) is 18.6. The maximum absolute atomic E-state index is 14.0. The number of aliphatic imine (C=N–C) groups is 1. The van der Waals surface area contributed by atoms with Gasteiger partial charge in [-0.2, -0.15) is 0 Å². The van der Waals surface area contributed by atoms with Crippen molar-refractivity contribution in [2.75, 3.05) is 58.8 Å². The van der Waals surface area contributed by atoms with Crippen LogP contribution in [0.25, 0.3) is 0 Å². The molecule has 1 heterocycles. The van der Waals surface area contributed by atoms with Crippen molar-refractivity contribution < 1.29 is 13.6 Å². The number of guanidine groups is 1. The Morgan fingerprint density at radius 2 is 1.81 bits per heavy atom. The molecule has 0 aromatic heterocycles. The molecule has 1 N–H and O–H groups in total. The summed E-state index contributed by atoms with van der Waals surface area (Å²) in [5.41, 5.74) is 2.05. The Labute approximate surface area is 205 Å². The molecule has 0 aliphatic carbocycles. The Balaban J connectivity index is 0.00000363. The number of anilines is 1. The first kappa shape index (κ1) is 25.8. The summed E-state index contributed by atoms with van der Waals surface area (Å²) in [5.74, 6) is -0.0851. The van der Waals surface area contributed by atoms with E-state index in [-0.39, 0.29) is 29.9 Å². The van der Waals surface area contributed by atoms with E-state index in [2.05, 4.69) is 15.2 Å². The second-order valence-corrected chi connectivity index (χ2v) is 7.69. The van der Waals surface area contributed by atoms with Gasteiger partial charge < -0.3 is 20.0 Å². The van der Waals surface area contributed by atoms with Crippen LogP contribution in [0.15, 0.2) is 47.5 Å². The number of piperazine rings is 1. The molecule has 174 valence electrons. The summed E-state index contributed by atoms with van der Waals surface area (Å²) in [6.07, 6.45) is 0.752. The van der Waals surface area contributed by atoms with Gasteiger partial charge in [0.05, 0.1) is 5.69 Å². The van der Waals surface area contributed by atoms with E-state index in [9.17, 15) is 13.6 Å². The summed E-state index contributed by atoms with van der Waals surface area (Å²) < 4.78 is 27.5. The van der Waals surface area contributed by atoms with Gasteiger partial charge in [-0.25, -0.2) is 8.78 Å².